The Kier molecular flexibility index (Phi) is 3.52. The lowest BCUT2D eigenvalue weighted by molar-refractivity contribution is -0.0508. The Hall–Kier alpha value is -0.0400. The summed E-state index contributed by atoms with van der Waals surface area (Å²) >= 11 is 0. The van der Waals surface area contributed by atoms with Crippen LogP contribution in [0.25, 0.3) is 0 Å². The Balaban J connectivity index is 3.08. The van der Waals surface area contributed by atoms with Gasteiger partial charge in [0.2, 0.25) is 0 Å². The van der Waals surface area contributed by atoms with E-state index in [9.17, 15) is 0 Å². The Morgan fingerprint density at radius 3 is 2.12 bits per heavy atom. The molecule has 0 aliphatic heterocycles. The normalized spacial score (nSPS) is 45.8. The minimum Gasteiger partial charge on any atom is -0.327 e. The zero-order valence-corrected chi connectivity index (χ0v) is 12.4. The van der Waals surface area contributed by atoms with E-state index in [2.05, 4.69) is 48.5 Å². The summed E-state index contributed by atoms with van der Waals surface area (Å²) in [7, 11) is 0. The lowest BCUT2D eigenvalue weighted by Gasteiger charge is -2.57. The van der Waals surface area contributed by atoms with E-state index in [0.717, 1.165) is 0 Å². The lowest BCUT2D eigenvalue weighted by Crippen LogP contribution is -2.57. The second-order valence-corrected chi connectivity index (χ2v) is 7.72. The zero-order valence-electron chi connectivity index (χ0n) is 12.4. The van der Waals surface area contributed by atoms with E-state index < -0.39 is 0 Å². The van der Waals surface area contributed by atoms with Gasteiger partial charge in [0, 0.05) is 6.04 Å². The van der Waals surface area contributed by atoms with E-state index in [1.807, 2.05) is 0 Å². The van der Waals surface area contributed by atoms with Crippen molar-refractivity contribution >= 4 is 0 Å². The van der Waals surface area contributed by atoms with Crippen molar-refractivity contribution in [2.24, 2.45) is 27.9 Å². The second-order valence-electron chi connectivity index (χ2n) is 7.72. The Bertz CT molecular complexity index is 253. The summed E-state index contributed by atoms with van der Waals surface area (Å²) in [5, 5.41) is 0. The van der Waals surface area contributed by atoms with Gasteiger partial charge in [0.05, 0.1) is 0 Å². The number of hydrogen-bond donors (Lipinski definition) is 1. The maximum Gasteiger partial charge on any atom is 0.0124 e. The summed E-state index contributed by atoms with van der Waals surface area (Å²) in [4.78, 5) is 0. The van der Waals surface area contributed by atoms with Crippen LogP contribution in [0.5, 0.6) is 0 Å². The van der Waals surface area contributed by atoms with Crippen LogP contribution in [-0.2, 0) is 0 Å². The minimum absolute atomic E-state index is 0.259. The van der Waals surface area contributed by atoms with Crippen LogP contribution in [0.2, 0.25) is 0 Å². The molecule has 1 rings (SSSR count). The van der Waals surface area contributed by atoms with Crippen molar-refractivity contribution in [1.29, 1.82) is 0 Å². The fraction of sp³-hybridized carbons (Fsp3) is 1.00. The van der Waals surface area contributed by atoms with E-state index in [-0.39, 0.29) is 10.8 Å². The van der Waals surface area contributed by atoms with Gasteiger partial charge < -0.3 is 5.73 Å². The van der Waals surface area contributed by atoms with Crippen LogP contribution in [0.3, 0.4) is 0 Å². The van der Waals surface area contributed by atoms with Crippen molar-refractivity contribution < 1.29 is 0 Å². The van der Waals surface area contributed by atoms with Crippen LogP contribution in [0.4, 0.5) is 0 Å². The highest BCUT2D eigenvalue weighted by molar-refractivity contribution is 5.04. The summed E-state index contributed by atoms with van der Waals surface area (Å²) < 4.78 is 0. The van der Waals surface area contributed by atoms with E-state index in [4.69, 9.17) is 5.73 Å². The van der Waals surface area contributed by atoms with Crippen LogP contribution in [0, 0.1) is 22.2 Å². The first-order valence-electron chi connectivity index (χ1n) is 6.81. The van der Waals surface area contributed by atoms with Gasteiger partial charge in [-0.05, 0) is 35.0 Å². The number of rotatable bonds is 1. The first kappa shape index (κ1) is 14.0. The summed E-state index contributed by atoms with van der Waals surface area (Å²) in [5.74, 6) is 0.642. The topological polar surface area (TPSA) is 26.0 Å². The van der Waals surface area contributed by atoms with Crippen LogP contribution >= 0.6 is 0 Å². The van der Waals surface area contributed by atoms with Crippen LogP contribution in [-0.4, -0.2) is 6.04 Å². The molecule has 1 fully saturated rings. The molecule has 4 atom stereocenters. The van der Waals surface area contributed by atoms with Gasteiger partial charge in [-0.15, -0.1) is 0 Å². The predicted octanol–water partition coefficient (Wildman–Crippen LogP) is 4.21. The molecule has 4 unspecified atom stereocenters. The quantitative estimate of drug-likeness (QED) is 0.710. The SMILES string of the molecule is CCC1(C)CC(C)C(N)C(C)(C(C)(C)C)C1. The average molecular weight is 225 g/mol. The molecule has 1 nitrogen and oxygen atoms in total. The summed E-state index contributed by atoms with van der Waals surface area (Å²) in [6.45, 7) is 16.6. The molecule has 0 aromatic carbocycles. The molecule has 1 aliphatic rings. The third kappa shape index (κ3) is 2.16. The molecule has 96 valence electrons. The number of nitrogens with two attached hydrogens (primary N) is 1. The smallest absolute Gasteiger partial charge is 0.0124 e. The minimum atomic E-state index is 0.259. The molecular weight excluding hydrogens is 194 g/mol. The van der Waals surface area contributed by atoms with Gasteiger partial charge >= 0.3 is 0 Å². The summed E-state index contributed by atoms with van der Waals surface area (Å²) in [6.07, 6.45) is 3.83. The lowest BCUT2D eigenvalue weighted by atomic mass is 9.49. The van der Waals surface area contributed by atoms with E-state index in [1.54, 1.807) is 0 Å². The van der Waals surface area contributed by atoms with Crippen molar-refractivity contribution in [3.63, 3.8) is 0 Å². The molecule has 0 radical (unpaired) electrons. The molecule has 0 aromatic heterocycles. The molecule has 0 saturated heterocycles. The summed E-state index contributed by atoms with van der Waals surface area (Å²) in [6, 6.07) is 0.340. The Labute approximate surface area is 102 Å². The zero-order chi connectivity index (χ0) is 12.8. The van der Waals surface area contributed by atoms with Gasteiger partial charge in [-0.1, -0.05) is 54.9 Å². The largest absolute Gasteiger partial charge is 0.327 e. The first-order valence-corrected chi connectivity index (χ1v) is 6.81. The number of hydrogen-bond acceptors (Lipinski definition) is 1. The molecule has 1 saturated carbocycles. The van der Waals surface area contributed by atoms with Gasteiger partial charge in [-0.3, -0.25) is 0 Å². The predicted molar refractivity (Wildman–Crippen MR) is 72.3 cm³/mol. The van der Waals surface area contributed by atoms with Crippen molar-refractivity contribution in [2.75, 3.05) is 0 Å². The fourth-order valence-electron chi connectivity index (χ4n) is 3.64. The van der Waals surface area contributed by atoms with E-state index in [0.29, 0.717) is 17.4 Å². The molecule has 0 aromatic rings. The first-order chi connectivity index (χ1) is 7.06. The summed E-state index contributed by atoms with van der Waals surface area (Å²) in [5.41, 5.74) is 7.55. The van der Waals surface area contributed by atoms with E-state index >= 15 is 0 Å². The molecule has 1 heteroatoms. The van der Waals surface area contributed by atoms with Gasteiger partial charge in [0.15, 0.2) is 0 Å². The van der Waals surface area contributed by atoms with E-state index in [1.165, 1.54) is 19.3 Å². The van der Waals surface area contributed by atoms with Gasteiger partial charge in [-0.25, -0.2) is 0 Å². The van der Waals surface area contributed by atoms with Crippen LogP contribution < -0.4 is 5.73 Å². The highest BCUT2D eigenvalue weighted by Gasteiger charge is 2.51. The molecule has 1 aliphatic carbocycles. The average Bonchev–Trinajstić information content (AvgIpc) is 2.12. The molecule has 0 bridgehead atoms. The fourth-order valence-corrected chi connectivity index (χ4v) is 3.64. The maximum absolute atomic E-state index is 6.52. The highest BCUT2D eigenvalue weighted by atomic mass is 14.8. The second kappa shape index (κ2) is 4.01. The molecule has 0 heterocycles. The molecular formula is C15H31N. The third-order valence-electron chi connectivity index (χ3n) is 5.52. The van der Waals surface area contributed by atoms with Crippen LogP contribution in [0.1, 0.15) is 67.7 Å². The monoisotopic (exact) mass is 225 g/mol. The van der Waals surface area contributed by atoms with Crippen molar-refractivity contribution in [3.8, 4) is 0 Å². The molecule has 2 N–H and O–H groups in total. The molecule has 0 amide bonds. The molecule has 0 spiro atoms. The van der Waals surface area contributed by atoms with Crippen molar-refractivity contribution in [1.82, 2.24) is 0 Å². The standard InChI is InChI=1S/C15H31N/c1-8-14(6)9-11(2)12(16)15(7,10-14)13(3,4)5/h11-12H,8-10,16H2,1-7H3. The van der Waals surface area contributed by atoms with Gasteiger partial charge in [0.1, 0.15) is 0 Å². The van der Waals surface area contributed by atoms with Crippen LogP contribution in [0.15, 0.2) is 0 Å². The van der Waals surface area contributed by atoms with Gasteiger partial charge in [-0.2, -0.15) is 0 Å². The highest BCUT2D eigenvalue weighted by Crippen LogP contribution is 2.56. The third-order valence-corrected chi connectivity index (χ3v) is 5.52. The Morgan fingerprint density at radius 1 is 1.25 bits per heavy atom. The van der Waals surface area contributed by atoms with Crippen molar-refractivity contribution in [3.05, 3.63) is 0 Å². The molecule has 16 heavy (non-hydrogen) atoms. The Morgan fingerprint density at radius 2 is 1.75 bits per heavy atom. The van der Waals surface area contributed by atoms with Crippen molar-refractivity contribution in [2.45, 2.75) is 73.8 Å². The van der Waals surface area contributed by atoms with Gasteiger partial charge in [0.25, 0.3) is 0 Å². The maximum atomic E-state index is 6.52.